The van der Waals surface area contributed by atoms with Gasteiger partial charge in [0.2, 0.25) is 0 Å². The van der Waals surface area contributed by atoms with Crippen LogP contribution in [0, 0.1) is 11.3 Å². The van der Waals surface area contributed by atoms with Gasteiger partial charge in [0.1, 0.15) is 6.61 Å². The fraction of sp³-hybridized carbons (Fsp3) is 0.391. The van der Waals surface area contributed by atoms with Crippen molar-refractivity contribution in [1.82, 2.24) is 4.90 Å². The van der Waals surface area contributed by atoms with E-state index in [1.165, 1.54) is 4.90 Å². The Morgan fingerprint density at radius 3 is 2.39 bits per heavy atom. The molecule has 158 valence electrons. The van der Waals surface area contributed by atoms with E-state index in [1.54, 1.807) is 0 Å². The monoisotopic (exact) mass is 418 g/mol. The number of carbonyl (C=O) groups is 2. The van der Waals surface area contributed by atoms with Gasteiger partial charge in [-0.2, -0.15) is 0 Å². The van der Waals surface area contributed by atoms with Crippen LogP contribution in [0.3, 0.4) is 0 Å². The standard InChI is InChI=1S/C23H22N4O4/c24-26-25-15-9-14-11-27(13-23(14,10-15)21(28)29)22(30)31-12-20-18-7-3-1-5-16(18)17-6-2-4-8-19(17)20/h1-8,14-15,20H,9-13H2,(H,28,29). The van der Waals surface area contributed by atoms with Gasteiger partial charge in [-0.15, -0.1) is 0 Å². The second kappa shape index (κ2) is 7.32. The van der Waals surface area contributed by atoms with E-state index >= 15 is 0 Å². The second-order valence-electron chi connectivity index (χ2n) is 8.64. The highest BCUT2D eigenvalue weighted by Crippen LogP contribution is 2.50. The van der Waals surface area contributed by atoms with E-state index < -0.39 is 17.5 Å². The summed E-state index contributed by atoms with van der Waals surface area (Å²) in [5.41, 5.74) is 12.2. The number of hydrogen-bond donors (Lipinski definition) is 1. The maximum atomic E-state index is 12.9. The van der Waals surface area contributed by atoms with Gasteiger partial charge in [0, 0.05) is 30.0 Å². The lowest BCUT2D eigenvalue weighted by Gasteiger charge is -2.24. The van der Waals surface area contributed by atoms with Crippen molar-refractivity contribution in [3.05, 3.63) is 70.1 Å². The molecule has 3 unspecified atom stereocenters. The van der Waals surface area contributed by atoms with E-state index in [2.05, 4.69) is 34.3 Å². The second-order valence-corrected chi connectivity index (χ2v) is 8.64. The van der Waals surface area contributed by atoms with E-state index in [0.29, 0.717) is 13.0 Å². The van der Waals surface area contributed by atoms with Crippen LogP contribution in [-0.2, 0) is 9.53 Å². The van der Waals surface area contributed by atoms with Gasteiger partial charge in [0.15, 0.2) is 0 Å². The number of carboxylic acid groups (broad SMARTS) is 1. The van der Waals surface area contributed by atoms with E-state index in [4.69, 9.17) is 10.3 Å². The first-order valence-corrected chi connectivity index (χ1v) is 10.4. The highest BCUT2D eigenvalue weighted by atomic mass is 16.6. The largest absolute Gasteiger partial charge is 0.481 e. The van der Waals surface area contributed by atoms with Gasteiger partial charge in [-0.05, 0) is 46.5 Å². The first kappa shape index (κ1) is 19.5. The molecule has 0 bridgehead atoms. The molecule has 2 fully saturated rings. The van der Waals surface area contributed by atoms with Crippen LogP contribution in [0.15, 0.2) is 53.6 Å². The maximum absolute atomic E-state index is 12.9. The average Bonchev–Trinajstić information content (AvgIpc) is 3.40. The Morgan fingerprint density at radius 2 is 1.81 bits per heavy atom. The number of aliphatic carboxylic acids is 1. The summed E-state index contributed by atoms with van der Waals surface area (Å²) in [6.45, 7) is 0.594. The third-order valence-corrected chi connectivity index (χ3v) is 7.09. The van der Waals surface area contributed by atoms with Crippen molar-refractivity contribution < 1.29 is 19.4 Å². The Hall–Kier alpha value is -3.51. The molecule has 3 atom stereocenters. The molecule has 5 rings (SSSR count). The molecule has 1 heterocycles. The van der Waals surface area contributed by atoms with E-state index in [9.17, 15) is 14.7 Å². The molecule has 1 saturated heterocycles. The Morgan fingerprint density at radius 1 is 1.16 bits per heavy atom. The molecule has 1 N–H and O–H groups in total. The van der Waals surface area contributed by atoms with Crippen LogP contribution in [0.4, 0.5) is 4.79 Å². The molecule has 1 amide bonds. The molecule has 3 aliphatic rings. The Bertz CT molecular complexity index is 1070. The number of carboxylic acids is 1. The zero-order chi connectivity index (χ0) is 21.6. The molecular formula is C23H22N4O4. The van der Waals surface area contributed by atoms with Gasteiger partial charge in [-0.1, -0.05) is 53.6 Å². The number of ether oxygens (including phenoxy) is 1. The van der Waals surface area contributed by atoms with Crippen LogP contribution < -0.4 is 0 Å². The van der Waals surface area contributed by atoms with Crippen LogP contribution in [-0.4, -0.2) is 47.8 Å². The number of hydrogen-bond acceptors (Lipinski definition) is 4. The topological polar surface area (TPSA) is 116 Å². The number of carbonyl (C=O) groups excluding carboxylic acids is 1. The maximum Gasteiger partial charge on any atom is 0.409 e. The Labute approximate surface area is 179 Å². The first-order valence-electron chi connectivity index (χ1n) is 10.4. The first-order chi connectivity index (χ1) is 15.0. The van der Waals surface area contributed by atoms with Crippen LogP contribution in [0.1, 0.15) is 29.9 Å². The summed E-state index contributed by atoms with van der Waals surface area (Å²) in [7, 11) is 0. The average molecular weight is 418 g/mol. The highest BCUT2D eigenvalue weighted by Gasteiger charge is 2.59. The van der Waals surface area contributed by atoms with Crippen LogP contribution >= 0.6 is 0 Å². The van der Waals surface area contributed by atoms with Crippen molar-refractivity contribution in [2.75, 3.05) is 19.7 Å². The fourth-order valence-electron chi connectivity index (χ4n) is 5.65. The molecular weight excluding hydrogens is 396 g/mol. The fourth-order valence-corrected chi connectivity index (χ4v) is 5.65. The summed E-state index contributed by atoms with van der Waals surface area (Å²) in [6, 6.07) is 15.9. The zero-order valence-corrected chi connectivity index (χ0v) is 16.8. The smallest absolute Gasteiger partial charge is 0.409 e. The molecule has 8 heteroatoms. The highest BCUT2D eigenvalue weighted by molar-refractivity contribution is 5.80. The minimum Gasteiger partial charge on any atom is -0.481 e. The normalized spacial score (nSPS) is 26.0. The van der Waals surface area contributed by atoms with Crippen LogP contribution in [0.25, 0.3) is 21.6 Å². The van der Waals surface area contributed by atoms with Crippen molar-refractivity contribution in [2.24, 2.45) is 16.4 Å². The number of benzene rings is 2. The van der Waals surface area contributed by atoms with Crippen molar-refractivity contribution in [1.29, 1.82) is 0 Å². The predicted octanol–water partition coefficient (Wildman–Crippen LogP) is 4.41. The van der Waals surface area contributed by atoms with Gasteiger partial charge < -0.3 is 14.7 Å². The van der Waals surface area contributed by atoms with E-state index in [-0.39, 0.29) is 37.5 Å². The summed E-state index contributed by atoms with van der Waals surface area (Å²) < 4.78 is 5.70. The van der Waals surface area contributed by atoms with Crippen LogP contribution in [0.2, 0.25) is 0 Å². The van der Waals surface area contributed by atoms with Crippen molar-refractivity contribution >= 4 is 12.1 Å². The number of rotatable bonds is 4. The van der Waals surface area contributed by atoms with Gasteiger partial charge >= 0.3 is 12.1 Å². The van der Waals surface area contributed by atoms with Crippen LogP contribution in [0.5, 0.6) is 0 Å². The lowest BCUT2D eigenvalue weighted by Crippen LogP contribution is -2.38. The predicted molar refractivity (Wildman–Crippen MR) is 112 cm³/mol. The number of nitrogens with zero attached hydrogens (tertiary/aromatic N) is 4. The van der Waals surface area contributed by atoms with Crippen molar-refractivity contribution in [2.45, 2.75) is 24.8 Å². The summed E-state index contributed by atoms with van der Waals surface area (Å²) in [6.07, 6.45) is 0.241. The molecule has 2 aromatic rings. The lowest BCUT2D eigenvalue weighted by atomic mass is 9.81. The number of amides is 1. The lowest BCUT2D eigenvalue weighted by molar-refractivity contribution is -0.149. The number of fused-ring (bicyclic) bond motifs is 4. The molecule has 31 heavy (non-hydrogen) atoms. The molecule has 0 radical (unpaired) electrons. The minimum atomic E-state index is -1.07. The summed E-state index contributed by atoms with van der Waals surface area (Å²) >= 11 is 0. The van der Waals surface area contributed by atoms with E-state index in [0.717, 1.165) is 22.3 Å². The molecule has 8 nitrogen and oxygen atoms in total. The number of likely N-dealkylation sites (tertiary alicyclic amines) is 1. The summed E-state index contributed by atoms with van der Waals surface area (Å²) in [5, 5.41) is 13.6. The molecule has 2 aliphatic carbocycles. The SMILES string of the molecule is [N-]=[N+]=NC1CC2CN(C(=O)OCC3c4ccccc4-c4ccccc43)CC2(C(=O)O)C1. The number of azide groups is 1. The third-order valence-electron chi connectivity index (χ3n) is 7.09. The molecule has 0 aromatic heterocycles. The van der Waals surface area contributed by atoms with Gasteiger partial charge in [0.05, 0.1) is 5.41 Å². The van der Waals surface area contributed by atoms with Crippen molar-refractivity contribution in [3.63, 3.8) is 0 Å². The van der Waals surface area contributed by atoms with Gasteiger partial charge in [-0.25, -0.2) is 4.79 Å². The minimum absolute atomic E-state index is 0.0405. The molecule has 1 saturated carbocycles. The zero-order valence-electron chi connectivity index (χ0n) is 16.8. The summed E-state index contributed by atoms with van der Waals surface area (Å²) in [4.78, 5) is 29.2. The Kier molecular flexibility index (Phi) is 4.59. The van der Waals surface area contributed by atoms with Gasteiger partial charge in [-0.3, -0.25) is 4.79 Å². The molecule has 0 spiro atoms. The van der Waals surface area contributed by atoms with Crippen molar-refractivity contribution in [3.8, 4) is 11.1 Å². The Balaban J connectivity index is 1.30. The van der Waals surface area contributed by atoms with Gasteiger partial charge in [0.25, 0.3) is 0 Å². The van der Waals surface area contributed by atoms with E-state index in [1.807, 2.05) is 24.3 Å². The third kappa shape index (κ3) is 3.02. The quantitative estimate of drug-likeness (QED) is 0.450. The molecule has 2 aromatic carbocycles. The summed E-state index contributed by atoms with van der Waals surface area (Å²) in [5.74, 6) is -1.22. The molecule has 1 aliphatic heterocycles.